The van der Waals surface area contributed by atoms with Crippen molar-refractivity contribution in [3.8, 4) is 0 Å². The van der Waals surface area contributed by atoms with Gasteiger partial charge in [-0.05, 0) is 25.5 Å². The Morgan fingerprint density at radius 1 is 1.41 bits per heavy atom. The van der Waals surface area contributed by atoms with Crippen molar-refractivity contribution < 1.29 is 9.18 Å². The van der Waals surface area contributed by atoms with Gasteiger partial charge >= 0.3 is 0 Å². The van der Waals surface area contributed by atoms with E-state index < -0.39 is 5.82 Å². The summed E-state index contributed by atoms with van der Waals surface area (Å²) >= 11 is 3.31. The van der Waals surface area contributed by atoms with Crippen molar-refractivity contribution in [1.29, 1.82) is 0 Å². The van der Waals surface area contributed by atoms with E-state index in [0.29, 0.717) is 18.4 Å². The Bertz CT molecular complexity index is 389. The van der Waals surface area contributed by atoms with Gasteiger partial charge < -0.3 is 4.90 Å². The van der Waals surface area contributed by atoms with E-state index >= 15 is 0 Å². The molecule has 0 saturated heterocycles. The molecule has 1 aromatic carbocycles. The fourth-order valence-electron chi connectivity index (χ4n) is 1.66. The number of hydrogen-bond acceptors (Lipinski definition) is 1. The van der Waals surface area contributed by atoms with Gasteiger partial charge in [0, 0.05) is 18.4 Å². The number of carbonyl (C=O) groups excluding carboxylic acids is 1. The molecule has 0 heterocycles. The first kappa shape index (κ1) is 14.2. The van der Waals surface area contributed by atoms with Gasteiger partial charge in [-0.15, -0.1) is 0 Å². The molecule has 17 heavy (non-hydrogen) atoms. The molecular formula is C13H17BrFNO. The summed E-state index contributed by atoms with van der Waals surface area (Å²) in [5.74, 6) is -0.677. The molecule has 0 atom stereocenters. The molecular weight excluding hydrogens is 285 g/mol. The lowest BCUT2D eigenvalue weighted by molar-refractivity contribution is 0.0761. The van der Waals surface area contributed by atoms with E-state index in [1.165, 1.54) is 6.07 Å². The lowest BCUT2D eigenvalue weighted by Crippen LogP contribution is -2.34. The number of aryl methyl sites for hydroxylation is 1. The number of amides is 1. The van der Waals surface area contributed by atoms with E-state index in [9.17, 15) is 9.18 Å². The number of hydrogen-bond donors (Lipinski definition) is 0. The Morgan fingerprint density at radius 2 is 2.12 bits per heavy atom. The molecule has 0 aliphatic heterocycles. The maximum atomic E-state index is 13.6. The minimum Gasteiger partial charge on any atom is -0.338 e. The topological polar surface area (TPSA) is 20.3 Å². The number of nitrogens with zero attached hydrogens (tertiary/aromatic N) is 1. The fraction of sp³-hybridized carbons (Fsp3) is 0.462. The predicted octanol–water partition coefficient (Wildman–Crippen LogP) is 3.38. The van der Waals surface area contributed by atoms with E-state index in [2.05, 4.69) is 15.9 Å². The van der Waals surface area contributed by atoms with Gasteiger partial charge in [-0.25, -0.2) is 4.39 Å². The highest BCUT2D eigenvalue weighted by molar-refractivity contribution is 9.09. The lowest BCUT2D eigenvalue weighted by Gasteiger charge is -2.21. The lowest BCUT2D eigenvalue weighted by atomic mass is 10.1. The standard InChI is InChI=1S/C13H17BrFNO/c1-3-7-16(8-6-14)13(17)11-9-10(2)4-5-12(11)15/h4-5,9H,3,6-8H2,1-2H3. The fourth-order valence-corrected chi connectivity index (χ4v) is 2.09. The molecule has 0 aliphatic rings. The smallest absolute Gasteiger partial charge is 0.256 e. The van der Waals surface area contributed by atoms with Crippen LogP contribution < -0.4 is 0 Å². The van der Waals surface area contributed by atoms with Gasteiger partial charge in [-0.1, -0.05) is 34.5 Å². The van der Waals surface area contributed by atoms with E-state index in [0.717, 1.165) is 12.0 Å². The third-order valence-electron chi connectivity index (χ3n) is 2.49. The van der Waals surface area contributed by atoms with E-state index in [-0.39, 0.29) is 11.5 Å². The second-order valence-corrected chi connectivity index (χ2v) is 4.76. The van der Waals surface area contributed by atoms with Gasteiger partial charge in [0.15, 0.2) is 0 Å². The monoisotopic (exact) mass is 301 g/mol. The summed E-state index contributed by atoms with van der Waals surface area (Å²) in [5.41, 5.74) is 1.06. The van der Waals surface area contributed by atoms with Crippen LogP contribution in [0.15, 0.2) is 18.2 Å². The molecule has 2 nitrogen and oxygen atoms in total. The zero-order chi connectivity index (χ0) is 12.8. The molecule has 0 unspecified atom stereocenters. The molecule has 1 aromatic rings. The minimum atomic E-state index is -0.448. The van der Waals surface area contributed by atoms with Crippen molar-refractivity contribution in [3.05, 3.63) is 35.1 Å². The van der Waals surface area contributed by atoms with E-state index in [1.807, 2.05) is 13.8 Å². The van der Waals surface area contributed by atoms with Crippen molar-refractivity contribution in [2.75, 3.05) is 18.4 Å². The first-order valence-corrected chi connectivity index (χ1v) is 6.83. The predicted molar refractivity (Wildman–Crippen MR) is 71.1 cm³/mol. The minimum absolute atomic E-state index is 0.166. The Hall–Kier alpha value is -0.900. The summed E-state index contributed by atoms with van der Waals surface area (Å²) < 4.78 is 13.6. The van der Waals surface area contributed by atoms with Crippen LogP contribution in [-0.2, 0) is 0 Å². The van der Waals surface area contributed by atoms with E-state index in [4.69, 9.17) is 0 Å². The average Bonchev–Trinajstić information content (AvgIpc) is 2.31. The van der Waals surface area contributed by atoms with Crippen molar-refractivity contribution in [3.63, 3.8) is 0 Å². The van der Waals surface area contributed by atoms with Crippen LogP contribution in [0.3, 0.4) is 0 Å². The van der Waals surface area contributed by atoms with Gasteiger partial charge in [0.25, 0.3) is 5.91 Å². The highest BCUT2D eigenvalue weighted by atomic mass is 79.9. The van der Waals surface area contributed by atoms with Crippen molar-refractivity contribution in [2.45, 2.75) is 20.3 Å². The van der Waals surface area contributed by atoms with Crippen LogP contribution in [-0.4, -0.2) is 29.2 Å². The van der Waals surface area contributed by atoms with Crippen LogP contribution in [0.2, 0.25) is 0 Å². The third kappa shape index (κ3) is 3.80. The van der Waals surface area contributed by atoms with Crippen LogP contribution in [0.25, 0.3) is 0 Å². The molecule has 1 rings (SSSR count). The summed E-state index contributed by atoms with van der Waals surface area (Å²) in [7, 11) is 0. The van der Waals surface area contributed by atoms with Gasteiger partial charge in [-0.2, -0.15) is 0 Å². The van der Waals surface area contributed by atoms with Crippen LogP contribution in [0.1, 0.15) is 29.3 Å². The molecule has 0 aliphatic carbocycles. The third-order valence-corrected chi connectivity index (χ3v) is 2.84. The molecule has 94 valence electrons. The summed E-state index contributed by atoms with van der Waals surface area (Å²) in [4.78, 5) is 13.8. The molecule has 0 N–H and O–H groups in total. The number of rotatable bonds is 5. The molecule has 4 heteroatoms. The number of carbonyl (C=O) groups is 1. The highest BCUT2D eigenvalue weighted by Gasteiger charge is 2.18. The van der Waals surface area contributed by atoms with Gasteiger partial charge in [0.1, 0.15) is 5.82 Å². The molecule has 0 bridgehead atoms. The van der Waals surface area contributed by atoms with Gasteiger partial charge in [0.2, 0.25) is 0 Å². The normalized spacial score (nSPS) is 10.4. The maximum Gasteiger partial charge on any atom is 0.256 e. The first-order chi connectivity index (χ1) is 8.10. The maximum absolute atomic E-state index is 13.6. The van der Waals surface area contributed by atoms with Crippen molar-refractivity contribution in [1.82, 2.24) is 4.90 Å². The molecule has 1 amide bonds. The van der Waals surface area contributed by atoms with Crippen molar-refractivity contribution >= 4 is 21.8 Å². The molecule has 0 spiro atoms. The Kier molecular flexibility index (Phi) is 5.62. The summed E-state index contributed by atoms with van der Waals surface area (Å²) in [5, 5.41) is 0.701. The number of benzene rings is 1. The SMILES string of the molecule is CCCN(CCBr)C(=O)c1cc(C)ccc1F. The summed E-state index contributed by atoms with van der Waals surface area (Å²) in [6.07, 6.45) is 0.867. The summed E-state index contributed by atoms with van der Waals surface area (Å²) in [6, 6.07) is 4.62. The Labute approximate surface area is 110 Å². The molecule has 0 radical (unpaired) electrons. The van der Waals surface area contributed by atoms with E-state index in [1.54, 1.807) is 17.0 Å². The Balaban J connectivity index is 2.95. The second kappa shape index (κ2) is 6.74. The molecule has 0 saturated carbocycles. The van der Waals surface area contributed by atoms with Crippen LogP contribution in [0.4, 0.5) is 4.39 Å². The summed E-state index contributed by atoms with van der Waals surface area (Å²) in [6.45, 7) is 5.10. The molecule has 0 fully saturated rings. The van der Waals surface area contributed by atoms with Gasteiger partial charge in [0.05, 0.1) is 5.56 Å². The van der Waals surface area contributed by atoms with Crippen LogP contribution in [0.5, 0.6) is 0 Å². The van der Waals surface area contributed by atoms with Crippen LogP contribution in [0, 0.1) is 12.7 Å². The largest absolute Gasteiger partial charge is 0.338 e. The zero-order valence-corrected chi connectivity index (χ0v) is 11.8. The second-order valence-electron chi connectivity index (χ2n) is 3.96. The zero-order valence-electron chi connectivity index (χ0n) is 10.2. The van der Waals surface area contributed by atoms with Crippen LogP contribution >= 0.6 is 15.9 Å². The number of alkyl halides is 1. The average molecular weight is 302 g/mol. The first-order valence-electron chi connectivity index (χ1n) is 5.71. The Morgan fingerprint density at radius 3 is 2.71 bits per heavy atom. The van der Waals surface area contributed by atoms with Gasteiger partial charge in [-0.3, -0.25) is 4.79 Å². The van der Waals surface area contributed by atoms with Crippen molar-refractivity contribution in [2.24, 2.45) is 0 Å². The highest BCUT2D eigenvalue weighted by Crippen LogP contribution is 2.13. The quantitative estimate of drug-likeness (QED) is 0.764. The number of halogens is 2. The molecule has 0 aromatic heterocycles.